The number of thioether (sulfide) groups is 1. The Morgan fingerprint density at radius 3 is 2.77 bits per heavy atom. The molecule has 0 bridgehead atoms. The van der Waals surface area contributed by atoms with E-state index in [1.165, 1.54) is 0 Å². The average molecular weight is 384 g/mol. The molecule has 0 unspecified atom stereocenters. The third-order valence-corrected chi connectivity index (χ3v) is 5.55. The highest BCUT2D eigenvalue weighted by molar-refractivity contribution is 7.98. The van der Waals surface area contributed by atoms with Gasteiger partial charge in [0.25, 0.3) is 0 Å². The molecule has 132 valence electrons. The number of thiophene rings is 1. The molecule has 0 amide bonds. The first-order valence-corrected chi connectivity index (χ1v) is 10.2. The summed E-state index contributed by atoms with van der Waals surface area (Å²) < 4.78 is 7.52. The second kappa shape index (κ2) is 7.84. The molecule has 26 heavy (non-hydrogen) atoms. The van der Waals surface area contributed by atoms with E-state index in [2.05, 4.69) is 44.0 Å². The SMILES string of the molecule is CCCn1c(SCc2nc(-c3cccs3)no2)nnc1-c1ccccc1. The summed E-state index contributed by atoms with van der Waals surface area (Å²) in [6.45, 7) is 3.01. The molecule has 0 fully saturated rings. The van der Waals surface area contributed by atoms with Crippen LogP contribution in [0.2, 0.25) is 0 Å². The number of aromatic nitrogens is 5. The highest BCUT2D eigenvalue weighted by atomic mass is 32.2. The van der Waals surface area contributed by atoms with E-state index >= 15 is 0 Å². The van der Waals surface area contributed by atoms with Gasteiger partial charge in [-0.2, -0.15) is 4.98 Å². The summed E-state index contributed by atoms with van der Waals surface area (Å²) in [6.07, 6.45) is 1.01. The molecule has 0 radical (unpaired) electrons. The molecule has 1 aromatic carbocycles. The van der Waals surface area contributed by atoms with Gasteiger partial charge >= 0.3 is 0 Å². The van der Waals surface area contributed by atoms with Crippen molar-refractivity contribution in [3.05, 3.63) is 53.7 Å². The van der Waals surface area contributed by atoms with Gasteiger partial charge in [0.15, 0.2) is 11.0 Å². The van der Waals surface area contributed by atoms with E-state index in [1.807, 2.05) is 35.7 Å². The maximum atomic E-state index is 5.37. The Hall–Kier alpha value is -2.45. The minimum atomic E-state index is 0.564. The van der Waals surface area contributed by atoms with Gasteiger partial charge in [-0.25, -0.2) is 0 Å². The third kappa shape index (κ3) is 3.56. The van der Waals surface area contributed by atoms with Gasteiger partial charge < -0.3 is 9.09 Å². The van der Waals surface area contributed by atoms with E-state index in [1.54, 1.807) is 23.1 Å². The average Bonchev–Trinajstić information content (AvgIpc) is 3.42. The first-order chi connectivity index (χ1) is 12.8. The van der Waals surface area contributed by atoms with Gasteiger partial charge in [-0.3, -0.25) is 0 Å². The summed E-state index contributed by atoms with van der Waals surface area (Å²) in [5.74, 6) is 2.68. The lowest BCUT2D eigenvalue weighted by Gasteiger charge is -2.08. The molecule has 0 atom stereocenters. The highest BCUT2D eigenvalue weighted by Gasteiger charge is 2.16. The smallest absolute Gasteiger partial charge is 0.237 e. The second-order valence-electron chi connectivity index (χ2n) is 5.60. The number of hydrogen-bond donors (Lipinski definition) is 0. The first kappa shape index (κ1) is 17.0. The molecule has 3 aromatic heterocycles. The molecule has 4 aromatic rings. The number of rotatable bonds is 7. The molecular formula is C18H17N5OS2. The van der Waals surface area contributed by atoms with Gasteiger partial charge in [-0.1, -0.05) is 60.2 Å². The summed E-state index contributed by atoms with van der Waals surface area (Å²) in [7, 11) is 0. The van der Waals surface area contributed by atoms with Crippen LogP contribution < -0.4 is 0 Å². The summed E-state index contributed by atoms with van der Waals surface area (Å²) >= 11 is 3.16. The molecule has 0 aliphatic heterocycles. The van der Waals surface area contributed by atoms with Gasteiger partial charge in [0, 0.05) is 12.1 Å². The molecule has 3 heterocycles. The van der Waals surface area contributed by atoms with E-state index in [-0.39, 0.29) is 0 Å². The maximum Gasteiger partial charge on any atom is 0.237 e. The Balaban J connectivity index is 1.52. The molecule has 0 saturated heterocycles. The van der Waals surface area contributed by atoms with Crippen LogP contribution in [0.1, 0.15) is 19.2 Å². The first-order valence-electron chi connectivity index (χ1n) is 8.33. The Morgan fingerprint density at radius 1 is 1.12 bits per heavy atom. The van der Waals surface area contributed by atoms with E-state index < -0.39 is 0 Å². The molecule has 0 N–H and O–H groups in total. The Kier molecular flexibility index (Phi) is 5.12. The van der Waals surface area contributed by atoms with Crippen LogP contribution in [-0.2, 0) is 12.3 Å². The Bertz CT molecular complexity index is 963. The third-order valence-electron chi connectivity index (χ3n) is 3.73. The lowest BCUT2D eigenvalue weighted by molar-refractivity contribution is 0.391. The summed E-state index contributed by atoms with van der Waals surface area (Å²) in [5, 5.41) is 15.7. The topological polar surface area (TPSA) is 69.6 Å². The van der Waals surface area contributed by atoms with Gasteiger partial charge in [0.2, 0.25) is 11.7 Å². The Morgan fingerprint density at radius 2 is 2.00 bits per heavy atom. The Labute approximate surface area is 159 Å². The fourth-order valence-corrected chi connectivity index (χ4v) is 4.02. The van der Waals surface area contributed by atoms with Crippen molar-refractivity contribution in [2.24, 2.45) is 0 Å². The zero-order valence-corrected chi connectivity index (χ0v) is 15.8. The van der Waals surface area contributed by atoms with E-state index in [0.717, 1.165) is 34.4 Å². The van der Waals surface area contributed by atoms with E-state index in [0.29, 0.717) is 17.5 Å². The van der Waals surface area contributed by atoms with Crippen LogP contribution in [-0.4, -0.2) is 24.9 Å². The minimum Gasteiger partial charge on any atom is -0.338 e. The van der Waals surface area contributed by atoms with Crippen molar-refractivity contribution in [2.45, 2.75) is 30.8 Å². The molecule has 0 aliphatic rings. The molecule has 0 saturated carbocycles. The number of benzene rings is 1. The molecule has 6 nitrogen and oxygen atoms in total. The lowest BCUT2D eigenvalue weighted by Crippen LogP contribution is -2.02. The standard InChI is InChI=1S/C18H17N5OS2/c1-2-10-23-17(13-7-4-3-5-8-13)20-21-18(23)26-12-15-19-16(22-24-15)14-9-6-11-25-14/h3-9,11H,2,10,12H2,1H3. The van der Waals surface area contributed by atoms with Crippen molar-refractivity contribution in [2.75, 3.05) is 0 Å². The minimum absolute atomic E-state index is 0.564. The van der Waals surface area contributed by atoms with Gasteiger partial charge in [-0.05, 0) is 17.9 Å². The van der Waals surface area contributed by atoms with Crippen molar-refractivity contribution in [1.82, 2.24) is 24.9 Å². The normalized spacial score (nSPS) is 11.1. The highest BCUT2D eigenvalue weighted by Crippen LogP contribution is 2.27. The summed E-state index contributed by atoms with van der Waals surface area (Å²) in [6, 6.07) is 14.1. The summed E-state index contributed by atoms with van der Waals surface area (Å²) in [5.41, 5.74) is 1.07. The fourth-order valence-electron chi connectivity index (χ4n) is 2.57. The van der Waals surface area contributed by atoms with Crippen LogP contribution in [0, 0.1) is 0 Å². The van der Waals surface area contributed by atoms with Crippen LogP contribution >= 0.6 is 23.1 Å². The molecular weight excluding hydrogens is 366 g/mol. The van der Waals surface area contributed by atoms with Crippen LogP contribution in [0.3, 0.4) is 0 Å². The molecule has 0 spiro atoms. The zero-order valence-electron chi connectivity index (χ0n) is 14.2. The lowest BCUT2D eigenvalue weighted by atomic mass is 10.2. The van der Waals surface area contributed by atoms with E-state index in [9.17, 15) is 0 Å². The number of nitrogens with zero attached hydrogens (tertiary/aromatic N) is 5. The van der Waals surface area contributed by atoms with E-state index in [4.69, 9.17) is 4.52 Å². The van der Waals surface area contributed by atoms with Crippen LogP contribution in [0.25, 0.3) is 22.1 Å². The monoisotopic (exact) mass is 383 g/mol. The van der Waals surface area contributed by atoms with Crippen LogP contribution in [0.4, 0.5) is 0 Å². The van der Waals surface area contributed by atoms with Crippen molar-refractivity contribution >= 4 is 23.1 Å². The van der Waals surface area contributed by atoms with Crippen molar-refractivity contribution < 1.29 is 4.52 Å². The number of hydrogen-bond acceptors (Lipinski definition) is 7. The van der Waals surface area contributed by atoms with Gasteiger partial charge in [0.1, 0.15) is 0 Å². The van der Waals surface area contributed by atoms with Gasteiger partial charge in [-0.15, -0.1) is 21.5 Å². The van der Waals surface area contributed by atoms with Crippen LogP contribution in [0.5, 0.6) is 0 Å². The quantitative estimate of drug-likeness (QED) is 0.429. The van der Waals surface area contributed by atoms with Crippen molar-refractivity contribution in [1.29, 1.82) is 0 Å². The fraction of sp³-hybridized carbons (Fsp3) is 0.222. The zero-order chi connectivity index (χ0) is 17.8. The maximum absolute atomic E-state index is 5.37. The molecule has 4 rings (SSSR count). The molecule has 0 aliphatic carbocycles. The summed E-state index contributed by atoms with van der Waals surface area (Å²) in [4.78, 5) is 5.47. The van der Waals surface area contributed by atoms with Crippen molar-refractivity contribution in [3.63, 3.8) is 0 Å². The van der Waals surface area contributed by atoms with Gasteiger partial charge in [0.05, 0.1) is 10.6 Å². The second-order valence-corrected chi connectivity index (χ2v) is 7.49. The predicted molar refractivity (Wildman–Crippen MR) is 103 cm³/mol. The van der Waals surface area contributed by atoms with Crippen LogP contribution in [0.15, 0.2) is 57.5 Å². The predicted octanol–water partition coefficient (Wildman–Crippen LogP) is 4.76. The molecule has 8 heteroatoms. The van der Waals surface area contributed by atoms with Crippen molar-refractivity contribution in [3.8, 4) is 22.1 Å². The largest absolute Gasteiger partial charge is 0.338 e.